The molecule has 0 aliphatic carbocycles. The largest absolute Gasteiger partial charge is 0.472 e. The topological polar surface area (TPSA) is 74.5 Å². The van der Waals surface area contributed by atoms with Crippen molar-refractivity contribution in [3.63, 3.8) is 0 Å². The van der Waals surface area contributed by atoms with E-state index in [0.29, 0.717) is 11.1 Å². The summed E-state index contributed by atoms with van der Waals surface area (Å²) < 4.78 is 62.0. The fourth-order valence-corrected chi connectivity index (χ4v) is 4.47. The Balaban J connectivity index is 1.51. The molecule has 1 aliphatic heterocycles. The molecule has 1 aliphatic rings. The molecule has 0 radical (unpaired) electrons. The van der Waals surface area contributed by atoms with Gasteiger partial charge in [0.2, 0.25) is 0 Å². The number of amides is 1. The highest BCUT2D eigenvalue weighted by Crippen LogP contribution is 2.37. The highest BCUT2D eigenvalue weighted by atomic mass is 35.5. The third kappa shape index (κ3) is 4.01. The number of halogens is 5. The van der Waals surface area contributed by atoms with Gasteiger partial charge < -0.3 is 9.32 Å². The summed E-state index contributed by atoms with van der Waals surface area (Å²) in [6.07, 6.45) is 1.08. The van der Waals surface area contributed by atoms with Crippen molar-refractivity contribution in [3.8, 4) is 17.2 Å². The average molecular weight is 515 g/mol. The molecule has 3 aromatic heterocycles. The minimum absolute atomic E-state index is 0.0456. The zero-order valence-corrected chi connectivity index (χ0v) is 19.1. The number of carbonyl (C=O) groups excluding carboxylic acids is 1. The van der Waals surface area contributed by atoms with Gasteiger partial charge in [-0.2, -0.15) is 18.4 Å². The Kier molecular flexibility index (Phi) is 5.80. The van der Waals surface area contributed by atoms with Crippen molar-refractivity contribution in [1.82, 2.24) is 14.3 Å². The van der Waals surface area contributed by atoms with Crippen molar-refractivity contribution >= 4 is 28.7 Å². The number of alkyl halides is 3. The van der Waals surface area contributed by atoms with Crippen molar-refractivity contribution in [2.24, 2.45) is 0 Å². The Morgan fingerprint density at radius 2 is 2.03 bits per heavy atom. The first-order valence-corrected chi connectivity index (χ1v) is 11.1. The number of pyridine rings is 1. The van der Waals surface area contributed by atoms with Crippen molar-refractivity contribution in [3.05, 3.63) is 88.5 Å². The Bertz CT molecular complexity index is 1570. The minimum Gasteiger partial charge on any atom is -0.472 e. The normalized spacial score (nSPS) is 14.1. The Morgan fingerprint density at radius 3 is 2.67 bits per heavy atom. The van der Waals surface area contributed by atoms with Crippen molar-refractivity contribution < 1.29 is 26.8 Å². The number of aromatic nitrogens is 2. The molecule has 0 fully saturated rings. The van der Waals surface area contributed by atoms with E-state index in [1.54, 1.807) is 6.08 Å². The first kappa shape index (κ1) is 23.6. The van der Waals surface area contributed by atoms with Crippen LogP contribution in [0.2, 0.25) is 5.15 Å². The maximum atomic E-state index is 14.4. The van der Waals surface area contributed by atoms with Gasteiger partial charge in [0.25, 0.3) is 5.91 Å². The second kappa shape index (κ2) is 8.84. The van der Waals surface area contributed by atoms with Crippen molar-refractivity contribution in [1.29, 1.82) is 5.26 Å². The molecule has 0 atom stereocenters. The van der Waals surface area contributed by atoms with Crippen LogP contribution in [0.4, 0.5) is 17.6 Å². The van der Waals surface area contributed by atoms with Crippen LogP contribution in [0.1, 0.15) is 33.6 Å². The number of nitriles is 1. The number of furan rings is 1. The van der Waals surface area contributed by atoms with Gasteiger partial charge in [-0.3, -0.25) is 9.20 Å². The zero-order valence-electron chi connectivity index (χ0n) is 18.3. The van der Waals surface area contributed by atoms with E-state index in [1.807, 2.05) is 6.07 Å². The second-order valence-corrected chi connectivity index (χ2v) is 8.46. The third-order valence-corrected chi connectivity index (χ3v) is 6.34. The summed E-state index contributed by atoms with van der Waals surface area (Å²) in [5.41, 5.74) is -0.361. The molecule has 36 heavy (non-hydrogen) atoms. The zero-order chi connectivity index (χ0) is 25.6. The van der Waals surface area contributed by atoms with Crippen LogP contribution >= 0.6 is 11.6 Å². The van der Waals surface area contributed by atoms with Crippen LogP contribution in [0.15, 0.2) is 59.5 Å². The van der Waals surface area contributed by atoms with E-state index in [1.165, 1.54) is 47.9 Å². The van der Waals surface area contributed by atoms with Crippen LogP contribution < -0.4 is 0 Å². The first-order valence-electron chi connectivity index (χ1n) is 10.7. The summed E-state index contributed by atoms with van der Waals surface area (Å²) in [6, 6.07) is 8.58. The number of rotatable bonds is 3. The molecule has 1 amide bonds. The number of fused-ring (bicyclic) bond motifs is 1. The van der Waals surface area contributed by atoms with E-state index in [0.717, 1.165) is 10.5 Å². The van der Waals surface area contributed by atoms with Gasteiger partial charge in [-0.1, -0.05) is 23.7 Å². The molecule has 182 valence electrons. The smallest absolute Gasteiger partial charge is 0.420 e. The highest BCUT2D eigenvalue weighted by Gasteiger charge is 2.36. The molecule has 0 N–H and O–H groups in total. The summed E-state index contributed by atoms with van der Waals surface area (Å²) in [5, 5.41) is 9.04. The molecule has 4 heterocycles. The molecule has 0 saturated carbocycles. The van der Waals surface area contributed by atoms with Gasteiger partial charge in [-0.25, -0.2) is 9.37 Å². The summed E-state index contributed by atoms with van der Waals surface area (Å²) in [4.78, 5) is 18.5. The van der Waals surface area contributed by atoms with Gasteiger partial charge in [0.15, 0.2) is 11.3 Å². The maximum absolute atomic E-state index is 14.4. The fraction of sp³-hybridized carbons (Fsp3) is 0.160. The Morgan fingerprint density at radius 1 is 1.22 bits per heavy atom. The molecule has 6 nitrogen and oxygen atoms in total. The lowest BCUT2D eigenvalue weighted by atomic mass is 9.95. The molecule has 0 bridgehead atoms. The van der Waals surface area contributed by atoms with Crippen molar-refractivity contribution in [2.45, 2.75) is 12.6 Å². The monoisotopic (exact) mass is 514 g/mol. The van der Waals surface area contributed by atoms with E-state index in [4.69, 9.17) is 16.0 Å². The van der Waals surface area contributed by atoms with Gasteiger partial charge in [-0.15, -0.1) is 0 Å². The lowest BCUT2D eigenvalue weighted by Gasteiger charge is -2.26. The van der Waals surface area contributed by atoms with Gasteiger partial charge in [0, 0.05) is 36.0 Å². The lowest BCUT2D eigenvalue weighted by molar-refractivity contribution is -0.136. The molecule has 4 aromatic rings. The molecular formula is C25H15ClF4N4O2. The van der Waals surface area contributed by atoms with Gasteiger partial charge in [0.05, 0.1) is 29.7 Å². The quantitative estimate of drug-likeness (QED) is 0.305. The van der Waals surface area contributed by atoms with E-state index in [2.05, 4.69) is 4.98 Å². The number of carbonyl (C=O) groups is 1. The first-order chi connectivity index (χ1) is 17.2. The van der Waals surface area contributed by atoms with Crippen LogP contribution in [-0.4, -0.2) is 33.3 Å². The Hall–Kier alpha value is -4.10. The predicted molar refractivity (Wildman–Crippen MR) is 123 cm³/mol. The van der Waals surface area contributed by atoms with Gasteiger partial charge >= 0.3 is 6.18 Å². The predicted octanol–water partition coefficient (Wildman–Crippen LogP) is 6.21. The summed E-state index contributed by atoms with van der Waals surface area (Å²) in [6.45, 7) is 0.185. The van der Waals surface area contributed by atoms with E-state index in [9.17, 15) is 27.6 Å². The average Bonchev–Trinajstić information content (AvgIpc) is 3.51. The van der Waals surface area contributed by atoms with E-state index >= 15 is 0 Å². The number of imidazole rings is 1. The fourth-order valence-electron chi connectivity index (χ4n) is 4.22. The van der Waals surface area contributed by atoms with Crippen molar-refractivity contribution in [2.75, 3.05) is 13.1 Å². The van der Waals surface area contributed by atoms with Crippen LogP contribution in [0.25, 0.3) is 22.3 Å². The van der Waals surface area contributed by atoms with Crippen LogP contribution in [0.3, 0.4) is 0 Å². The molecule has 5 rings (SSSR count). The van der Waals surface area contributed by atoms with Gasteiger partial charge in [-0.05, 0) is 36.3 Å². The summed E-state index contributed by atoms with van der Waals surface area (Å²) >= 11 is 6.37. The van der Waals surface area contributed by atoms with E-state index in [-0.39, 0.29) is 47.0 Å². The number of hydrogen-bond donors (Lipinski definition) is 0. The standard InChI is InChI=1S/C25H15ClF4N4O2/c26-22-21(24(35)33-7-4-14(5-8-33)20-15(11-31)2-1-3-19(20)27)32-23-18(25(28,29)30)10-17(12-34(22)23)16-6-9-36-13-16/h1-4,6,9-10,12-13H,5,7-8H2. The second-order valence-electron chi connectivity index (χ2n) is 8.10. The molecule has 0 saturated heterocycles. The SMILES string of the molecule is N#Cc1cccc(F)c1C1=CCN(C(=O)c2nc3c(C(F)(F)F)cc(-c4ccoc4)cn3c2Cl)CC1. The van der Waals surface area contributed by atoms with Crippen LogP contribution in [-0.2, 0) is 6.18 Å². The minimum atomic E-state index is -4.75. The van der Waals surface area contributed by atoms with E-state index < -0.39 is 29.1 Å². The van der Waals surface area contributed by atoms with Crippen LogP contribution in [0.5, 0.6) is 0 Å². The molecule has 1 aromatic carbocycles. The summed E-state index contributed by atoms with van der Waals surface area (Å²) in [5.74, 6) is -1.21. The number of hydrogen-bond acceptors (Lipinski definition) is 4. The number of nitrogens with zero attached hydrogens (tertiary/aromatic N) is 4. The summed E-state index contributed by atoms with van der Waals surface area (Å²) in [7, 11) is 0. The Labute approximate surface area is 206 Å². The molecular weight excluding hydrogens is 500 g/mol. The molecule has 0 spiro atoms. The lowest BCUT2D eigenvalue weighted by Crippen LogP contribution is -2.35. The third-order valence-electron chi connectivity index (χ3n) is 5.98. The molecule has 0 unspecified atom stereocenters. The highest BCUT2D eigenvalue weighted by molar-refractivity contribution is 6.33. The maximum Gasteiger partial charge on any atom is 0.420 e. The number of benzene rings is 1. The van der Waals surface area contributed by atoms with Gasteiger partial charge in [0.1, 0.15) is 11.0 Å². The molecule has 11 heteroatoms. The van der Waals surface area contributed by atoms with Crippen LogP contribution in [0, 0.1) is 17.1 Å².